The fourth-order valence-electron chi connectivity index (χ4n) is 3.84. The molecule has 0 spiro atoms. The van der Waals surface area contributed by atoms with Crippen molar-refractivity contribution in [3.05, 3.63) is 52.9 Å². The van der Waals surface area contributed by atoms with Gasteiger partial charge in [-0.05, 0) is 24.1 Å². The number of nitrogens with zero attached hydrogens (tertiary/aromatic N) is 3. The molecule has 1 aliphatic rings. The zero-order chi connectivity index (χ0) is 22.7. The van der Waals surface area contributed by atoms with Gasteiger partial charge in [0.1, 0.15) is 12.9 Å². The van der Waals surface area contributed by atoms with Gasteiger partial charge in [-0.1, -0.05) is 59.5 Å². The number of quaternary nitrogens is 1. The SMILES string of the molecule is CCCCCCN1CC(OC(=O)c2cc(F)co2)[N+]([O-])(c2nc3cc(CBr)ccc3s2)C1. The van der Waals surface area contributed by atoms with Gasteiger partial charge < -0.3 is 14.4 Å². The number of unbranched alkanes of at least 4 members (excludes halogenated alkanes) is 3. The minimum atomic E-state index is -1.02. The summed E-state index contributed by atoms with van der Waals surface area (Å²) >= 11 is 4.75. The van der Waals surface area contributed by atoms with Crippen LogP contribution in [0.3, 0.4) is 0 Å². The Kier molecular flexibility index (Phi) is 7.26. The quantitative estimate of drug-likeness (QED) is 0.116. The first kappa shape index (κ1) is 23.3. The van der Waals surface area contributed by atoms with E-state index in [4.69, 9.17) is 9.15 Å². The zero-order valence-corrected chi connectivity index (χ0v) is 20.2. The topological polar surface area (TPSA) is 78.6 Å². The maximum absolute atomic E-state index is 14.1. The van der Waals surface area contributed by atoms with Gasteiger partial charge in [-0.15, -0.1) is 0 Å². The van der Waals surface area contributed by atoms with Crippen LogP contribution < -0.4 is 4.65 Å². The molecule has 2 unspecified atom stereocenters. The molecule has 0 saturated carbocycles. The number of carbonyl (C=O) groups is 1. The summed E-state index contributed by atoms with van der Waals surface area (Å²) in [7, 11) is 0. The minimum absolute atomic E-state index is 0.141. The summed E-state index contributed by atoms with van der Waals surface area (Å²) in [5, 5.41) is 15.1. The Morgan fingerprint density at radius 3 is 2.97 bits per heavy atom. The Bertz CT molecular complexity index is 1090. The molecular formula is C22H25BrFN3O4S. The lowest BCUT2D eigenvalue weighted by atomic mass is 10.2. The highest BCUT2D eigenvalue weighted by Gasteiger charge is 2.46. The van der Waals surface area contributed by atoms with E-state index in [0.717, 1.165) is 60.3 Å². The van der Waals surface area contributed by atoms with Crippen molar-refractivity contribution < 1.29 is 18.3 Å². The molecule has 0 bridgehead atoms. The van der Waals surface area contributed by atoms with Crippen LogP contribution in [-0.4, -0.2) is 41.8 Å². The summed E-state index contributed by atoms with van der Waals surface area (Å²) in [4.78, 5) is 19.1. The monoisotopic (exact) mass is 525 g/mol. The summed E-state index contributed by atoms with van der Waals surface area (Å²) in [6.45, 7) is 3.32. The summed E-state index contributed by atoms with van der Waals surface area (Å²) in [5.41, 5.74) is 1.81. The standard InChI is InChI=1S/C22H25BrFN3O4S/c1-2-3-4-5-8-26-12-20(31-21(28)18-10-16(24)13-30-18)27(29,14-26)22-25-17-9-15(11-23)6-7-19(17)32-22/h6-7,9-10,13,20H,2-5,8,11-12,14H2,1H3. The van der Waals surface area contributed by atoms with Gasteiger partial charge in [0.25, 0.3) is 11.4 Å². The number of hydrogen-bond acceptors (Lipinski definition) is 7. The zero-order valence-electron chi connectivity index (χ0n) is 17.8. The smallest absolute Gasteiger partial charge is 0.378 e. The van der Waals surface area contributed by atoms with E-state index < -0.39 is 22.7 Å². The molecule has 172 valence electrons. The lowest BCUT2D eigenvalue weighted by Crippen LogP contribution is -2.50. The largest absolute Gasteiger partial charge is 0.622 e. The van der Waals surface area contributed by atoms with Crippen molar-refractivity contribution in [2.75, 3.05) is 19.8 Å². The molecule has 10 heteroatoms. The molecule has 3 heterocycles. The van der Waals surface area contributed by atoms with Crippen molar-refractivity contribution in [3.8, 4) is 0 Å². The number of carbonyl (C=O) groups excluding carboxylic acids is 1. The first-order valence-corrected chi connectivity index (χ1v) is 12.6. The Balaban J connectivity index is 1.59. The third-order valence-corrected chi connectivity index (χ3v) is 7.34. The van der Waals surface area contributed by atoms with E-state index in [1.807, 2.05) is 23.1 Å². The molecule has 1 saturated heterocycles. The number of hydrogen-bond donors (Lipinski definition) is 0. The lowest BCUT2D eigenvalue weighted by Gasteiger charge is -2.38. The molecule has 0 aliphatic carbocycles. The third-order valence-electron chi connectivity index (χ3n) is 5.55. The van der Waals surface area contributed by atoms with Crippen LogP contribution in [0.5, 0.6) is 0 Å². The molecule has 2 atom stereocenters. The molecule has 1 aromatic carbocycles. The number of alkyl halides is 1. The number of ether oxygens (including phenoxy) is 1. The molecule has 0 N–H and O–H groups in total. The highest BCUT2D eigenvalue weighted by Crippen LogP contribution is 2.38. The summed E-state index contributed by atoms with van der Waals surface area (Å²) in [5.74, 6) is -1.79. The first-order chi connectivity index (χ1) is 15.4. The lowest BCUT2D eigenvalue weighted by molar-refractivity contribution is 0.00251. The van der Waals surface area contributed by atoms with Gasteiger partial charge >= 0.3 is 5.97 Å². The number of furan rings is 1. The van der Waals surface area contributed by atoms with Crippen molar-refractivity contribution >= 4 is 48.6 Å². The van der Waals surface area contributed by atoms with E-state index in [1.54, 1.807) is 0 Å². The van der Waals surface area contributed by atoms with E-state index >= 15 is 0 Å². The number of esters is 1. The summed E-state index contributed by atoms with van der Waals surface area (Å²) < 4.78 is 23.8. The highest BCUT2D eigenvalue weighted by atomic mass is 79.9. The molecule has 0 radical (unpaired) electrons. The molecule has 2 aromatic heterocycles. The van der Waals surface area contributed by atoms with Crippen LogP contribution in [0, 0.1) is 11.0 Å². The molecule has 7 nitrogen and oxygen atoms in total. The van der Waals surface area contributed by atoms with Crippen LogP contribution >= 0.6 is 27.3 Å². The molecule has 0 amide bonds. The van der Waals surface area contributed by atoms with Gasteiger partial charge in [0.2, 0.25) is 5.76 Å². The van der Waals surface area contributed by atoms with Crippen LogP contribution in [0.4, 0.5) is 9.52 Å². The number of rotatable bonds is 9. The number of hydroxylamine groups is 2. The second-order valence-electron chi connectivity index (χ2n) is 8.00. The Morgan fingerprint density at radius 2 is 2.25 bits per heavy atom. The minimum Gasteiger partial charge on any atom is -0.622 e. The van der Waals surface area contributed by atoms with Crippen LogP contribution in [0.1, 0.15) is 48.7 Å². The van der Waals surface area contributed by atoms with Crippen LogP contribution in [-0.2, 0) is 10.1 Å². The van der Waals surface area contributed by atoms with Crippen molar-refractivity contribution in [1.82, 2.24) is 14.5 Å². The van der Waals surface area contributed by atoms with Gasteiger partial charge in [-0.2, -0.15) is 4.98 Å². The fraction of sp³-hybridized carbons (Fsp3) is 0.455. The number of thiazole rings is 1. The Morgan fingerprint density at radius 1 is 1.41 bits per heavy atom. The first-order valence-electron chi connectivity index (χ1n) is 10.6. The molecule has 1 aliphatic heterocycles. The fourth-order valence-corrected chi connectivity index (χ4v) is 5.20. The molecule has 3 aromatic rings. The summed E-state index contributed by atoms with van der Waals surface area (Å²) in [6, 6.07) is 6.84. The molecule has 32 heavy (non-hydrogen) atoms. The predicted molar refractivity (Wildman–Crippen MR) is 126 cm³/mol. The van der Waals surface area contributed by atoms with Gasteiger partial charge in [-0.25, -0.2) is 14.1 Å². The number of benzene rings is 1. The normalized spacial score (nSPS) is 21.4. The van der Waals surface area contributed by atoms with E-state index in [-0.39, 0.29) is 19.0 Å². The highest BCUT2D eigenvalue weighted by molar-refractivity contribution is 9.08. The van der Waals surface area contributed by atoms with Gasteiger partial charge in [0.15, 0.2) is 5.82 Å². The van der Waals surface area contributed by atoms with Gasteiger partial charge in [-0.3, -0.25) is 4.65 Å². The maximum atomic E-state index is 14.1. The second-order valence-corrected chi connectivity index (χ2v) is 9.57. The van der Waals surface area contributed by atoms with E-state index in [1.165, 1.54) is 11.3 Å². The van der Waals surface area contributed by atoms with Crippen molar-refractivity contribution in [3.63, 3.8) is 0 Å². The van der Waals surface area contributed by atoms with Crippen LogP contribution in [0.2, 0.25) is 0 Å². The molecular weight excluding hydrogens is 501 g/mol. The van der Waals surface area contributed by atoms with E-state index in [2.05, 4.69) is 27.8 Å². The van der Waals surface area contributed by atoms with Crippen LogP contribution in [0.15, 0.2) is 34.9 Å². The average molecular weight is 526 g/mol. The molecule has 1 fully saturated rings. The van der Waals surface area contributed by atoms with Gasteiger partial charge in [0, 0.05) is 17.9 Å². The van der Waals surface area contributed by atoms with Crippen LogP contribution in [0.25, 0.3) is 10.2 Å². The Labute approximate surface area is 198 Å². The van der Waals surface area contributed by atoms with E-state index in [9.17, 15) is 14.4 Å². The van der Waals surface area contributed by atoms with Crippen molar-refractivity contribution in [2.24, 2.45) is 0 Å². The van der Waals surface area contributed by atoms with E-state index in [0.29, 0.717) is 10.5 Å². The molecule has 4 rings (SSSR count). The van der Waals surface area contributed by atoms with Crippen molar-refractivity contribution in [1.29, 1.82) is 0 Å². The van der Waals surface area contributed by atoms with Gasteiger partial charge in [0.05, 0.1) is 16.8 Å². The average Bonchev–Trinajstić information content (AvgIpc) is 3.48. The maximum Gasteiger partial charge on any atom is 0.378 e. The number of aromatic nitrogens is 1. The predicted octanol–water partition coefficient (Wildman–Crippen LogP) is 5.76. The third kappa shape index (κ3) is 4.89. The number of fused-ring (bicyclic) bond motifs is 1. The second kappa shape index (κ2) is 9.96. The Hall–Kier alpha value is -1.85. The number of halogens is 2. The van der Waals surface area contributed by atoms with Crippen molar-refractivity contribution in [2.45, 2.75) is 44.2 Å². The summed E-state index contributed by atoms with van der Waals surface area (Å²) in [6.07, 6.45) is 4.13.